The maximum atomic E-state index is 5.97. The van der Waals surface area contributed by atoms with Gasteiger partial charge in [0.1, 0.15) is 5.75 Å². The van der Waals surface area contributed by atoms with E-state index < -0.39 is 0 Å². The molecular formula is C21H25NO. The van der Waals surface area contributed by atoms with E-state index in [2.05, 4.69) is 70.3 Å². The summed E-state index contributed by atoms with van der Waals surface area (Å²) in [5, 5.41) is 3.86. The fourth-order valence-electron chi connectivity index (χ4n) is 4.97. The molecule has 0 bridgehead atoms. The van der Waals surface area contributed by atoms with Gasteiger partial charge in [0.05, 0.1) is 12.1 Å². The van der Waals surface area contributed by atoms with Crippen molar-refractivity contribution < 1.29 is 4.74 Å². The van der Waals surface area contributed by atoms with E-state index in [1.165, 1.54) is 33.5 Å². The highest BCUT2D eigenvalue weighted by molar-refractivity contribution is 5.74. The minimum absolute atomic E-state index is 0.0477. The van der Waals surface area contributed by atoms with E-state index >= 15 is 0 Å². The number of ether oxygens (including phenoxy) is 1. The van der Waals surface area contributed by atoms with Gasteiger partial charge in [-0.1, -0.05) is 31.2 Å². The molecule has 1 aliphatic carbocycles. The predicted octanol–water partition coefficient (Wildman–Crippen LogP) is 4.86. The van der Waals surface area contributed by atoms with Crippen LogP contribution < -0.4 is 10.1 Å². The van der Waals surface area contributed by atoms with Crippen LogP contribution in [0.1, 0.15) is 48.6 Å². The molecule has 1 heterocycles. The molecule has 4 rings (SSSR count). The van der Waals surface area contributed by atoms with Gasteiger partial charge < -0.3 is 10.1 Å². The number of hydrogen-bond acceptors (Lipinski definition) is 2. The number of nitrogens with one attached hydrogen (secondary N) is 1. The van der Waals surface area contributed by atoms with Gasteiger partial charge in [0.15, 0.2) is 0 Å². The van der Waals surface area contributed by atoms with Crippen LogP contribution in [0.15, 0.2) is 30.3 Å². The number of aryl methyl sites for hydroxylation is 1. The van der Waals surface area contributed by atoms with Crippen LogP contribution in [0.25, 0.3) is 0 Å². The zero-order valence-corrected chi connectivity index (χ0v) is 14.7. The third-order valence-corrected chi connectivity index (χ3v) is 6.13. The molecule has 2 heteroatoms. The van der Waals surface area contributed by atoms with Crippen molar-refractivity contribution in [2.75, 3.05) is 11.9 Å². The van der Waals surface area contributed by atoms with Crippen molar-refractivity contribution in [1.29, 1.82) is 0 Å². The average Bonchev–Trinajstić information content (AvgIpc) is 2.85. The smallest absolute Gasteiger partial charge is 0.125 e. The summed E-state index contributed by atoms with van der Waals surface area (Å²) >= 11 is 0. The Hall–Kier alpha value is -1.96. The van der Waals surface area contributed by atoms with Crippen molar-refractivity contribution >= 4 is 5.69 Å². The topological polar surface area (TPSA) is 21.3 Å². The van der Waals surface area contributed by atoms with Crippen LogP contribution in [-0.2, 0) is 17.4 Å². The second-order valence-electron chi connectivity index (χ2n) is 7.42. The molecule has 0 unspecified atom stereocenters. The summed E-state index contributed by atoms with van der Waals surface area (Å²) in [6.07, 6.45) is 1.08. The van der Waals surface area contributed by atoms with Crippen LogP contribution in [0.2, 0.25) is 0 Å². The first-order valence-electron chi connectivity index (χ1n) is 8.56. The highest BCUT2D eigenvalue weighted by atomic mass is 16.5. The molecule has 0 saturated heterocycles. The molecule has 2 nitrogen and oxygen atoms in total. The molecular weight excluding hydrogens is 282 g/mol. The molecule has 2 aromatic rings. The number of hydrogen-bond donors (Lipinski definition) is 1. The normalized spacial score (nSPS) is 27.2. The van der Waals surface area contributed by atoms with Crippen LogP contribution in [-0.4, -0.2) is 6.61 Å². The van der Waals surface area contributed by atoms with E-state index in [1.54, 1.807) is 0 Å². The molecule has 23 heavy (non-hydrogen) atoms. The standard InChI is InChI=1S/C21H25NO/c1-6-23-19-13(2)11-17-18(14(19)3)20(4)12-15-9-7-8-10-16(15)21(20,5)22-17/h7-11,22H,6,12H2,1-5H3/t20-,21-/m0/s1. The lowest BCUT2D eigenvalue weighted by atomic mass is 9.69. The van der Waals surface area contributed by atoms with E-state index in [-0.39, 0.29) is 11.0 Å². The summed E-state index contributed by atoms with van der Waals surface area (Å²) in [4.78, 5) is 0. The van der Waals surface area contributed by atoms with Gasteiger partial charge in [0.2, 0.25) is 0 Å². The summed E-state index contributed by atoms with van der Waals surface area (Å²) in [6.45, 7) is 11.9. The van der Waals surface area contributed by atoms with E-state index in [0.29, 0.717) is 6.61 Å². The van der Waals surface area contributed by atoms with Gasteiger partial charge in [-0.05, 0) is 68.0 Å². The first-order chi connectivity index (χ1) is 10.9. The maximum absolute atomic E-state index is 5.97. The van der Waals surface area contributed by atoms with Crippen LogP contribution in [0.5, 0.6) is 5.75 Å². The lowest BCUT2D eigenvalue weighted by molar-refractivity contribution is 0.324. The molecule has 0 aromatic heterocycles. The van der Waals surface area contributed by atoms with Crippen molar-refractivity contribution in [3.63, 3.8) is 0 Å². The minimum atomic E-state index is -0.0477. The Kier molecular flexibility index (Phi) is 2.88. The Morgan fingerprint density at radius 2 is 1.91 bits per heavy atom. The summed E-state index contributed by atoms with van der Waals surface area (Å²) in [5.41, 5.74) is 8.16. The minimum Gasteiger partial charge on any atom is -0.493 e. The Labute approximate surface area is 138 Å². The predicted molar refractivity (Wildman–Crippen MR) is 95.6 cm³/mol. The molecule has 2 aromatic carbocycles. The molecule has 0 amide bonds. The van der Waals surface area contributed by atoms with Gasteiger partial charge in [0, 0.05) is 11.1 Å². The molecule has 2 atom stereocenters. The SMILES string of the molecule is CCOc1c(C)cc2c(c1C)[C@]1(C)Cc3ccccc3[C@]1(C)N2. The summed E-state index contributed by atoms with van der Waals surface area (Å²) in [6, 6.07) is 11.1. The lowest BCUT2D eigenvalue weighted by Gasteiger charge is -2.36. The Bertz CT molecular complexity index is 810. The van der Waals surface area contributed by atoms with Crippen molar-refractivity contribution in [3.05, 3.63) is 58.1 Å². The van der Waals surface area contributed by atoms with Crippen LogP contribution >= 0.6 is 0 Å². The fraction of sp³-hybridized carbons (Fsp3) is 0.429. The number of benzene rings is 2. The number of rotatable bonds is 2. The lowest BCUT2D eigenvalue weighted by Crippen LogP contribution is -2.42. The molecule has 0 saturated carbocycles. The first-order valence-corrected chi connectivity index (χ1v) is 8.56. The van der Waals surface area contributed by atoms with E-state index in [1.807, 2.05) is 0 Å². The van der Waals surface area contributed by atoms with Crippen LogP contribution in [0.4, 0.5) is 5.69 Å². The van der Waals surface area contributed by atoms with Gasteiger partial charge in [-0.3, -0.25) is 0 Å². The Morgan fingerprint density at radius 1 is 1.17 bits per heavy atom. The molecule has 120 valence electrons. The summed E-state index contributed by atoms with van der Waals surface area (Å²) in [7, 11) is 0. The fourth-order valence-corrected chi connectivity index (χ4v) is 4.97. The zero-order chi connectivity index (χ0) is 16.4. The van der Waals surface area contributed by atoms with Crippen LogP contribution in [0, 0.1) is 13.8 Å². The van der Waals surface area contributed by atoms with E-state index in [4.69, 9.17) is 4.74 Å². The van der Waals surface area contributed by atoms with E-state index in [0.717, 1.165) is 12.2 Å². The molecule has 1 aliphatic heterocycles. The highest BCUT2D eigenvalue weighted by Gasteiger charge is 2.58. The summed E-state index contributed by atoms with van der Waals surface area (Å²) in [5.74, 6) is 1.06. The van der Waals surface area contributed by atoms with E-state index in [9.17, 15) is 0 Å². The number of fused-ring (bicyclic) bond motifs is 5. The largest absolute Gasteiger partial charge is 0.493 e. The van der Waals surface area contributed by atoms with Gasteiger partial charge in [0.25, 0.3) is 0 Å². The zero-order valence-electron chi connectivity index (χ0n) is 14.7. The second-order valence-corrected chi connectivity index (χ2v) is 7.42. The molecule has 0 spiro atoms. The average molecular weight is 307 g/mol. The van der Waals surface area contributed by atoms with Crippen molar-refractivity contribution in [2.24, 2.45) is 0 Å². The third-order valence-electron chi connectivity index (χ3n) is 6.13. The van der Waals surface area contributed by atoms with Gasteiger partial charge in [-0.15, -0.1) is 0 Å². The van der Waals surface area contributed by atoms with Crippen molar-refractivity contribution in [1.82, 2.24) is 0 Å². The Balaban J connectivity index is 1.96. The Morgan fingerprint density at radius 3 is 2.65 bits per heavy atom. The van der Waals surface area contributed by atoms with Gasteiger partial charge in [-0.25, -0.2) is 0 Å². The van der Waals surface area contributed by atoms with Crippen LogP contribution in [0.3, 0.4) is 0 Å². The highest BCUT2D eigenvalue weighted by Crippen LogP contribution is 2.61. The second kappa shape index (κ2) is 4.53. The van der Waals surface area contributed by atoms with Gasteiger partial charge >= 0.3 is 0 Å². The molecule has 1 N–H and O–H groups in total. The maximum Gasteiger partial charge on any atom is 0.125 e. The van der Waals surface area contributed by atoms with Crippen molar-refractivity contribution in [3.8, 4) is 5.75 Å². The quantitative estimate of drug-likeness (QED) is 0.855. The molecule has 0 fully saturated rings. The molecule has 0 radical (unpaired) electrons. The van der Waals surface area contributed by atoms with Crippen molar-refractivity contribution in [2.45, 2.75) is 52.0 Å². The monoisotopic (exact) mass is 307 g/mol. The molecule has 2 aliphatic rings. The summed E-state index contributed by atoms with van der Waals surface area (Å²) < 4.78 is 5.97. The van der Waals surface area contributed by atoms with Gasteiger partial charge in [-0.2, -0.15) is 0 Å². The first kappa shape index (κ1) is 14.6. The number of anilines is 1. The third kappa shape index (κ3) is 1.64.